The Morgan fingerprint density at radius 1 is 1.47 bits per heavy atom. The van der Waals surface area contributed by atoms with Gasteiger partial charge in [0, 0.05) is 13.0 Å². The molecular formula is C10H14N2O5. The molecule has 1 aromatic heterocycles. The molecule has 0 bridgehead atoms. The lowest BCUT2D eigenvalue weighted by Gasteiger charge is -2.12. The van der Waals surface area contributed by atoms with Gasteiger partial charge < -0.3 is 25.3 Å². The van der Waals surface area contributed by atoms with E-state index < -0.39 is 24.6 Å². The summed E-state index contributed by atoms with van der Waals surface area (Å²) < 4.78 is 5.05. The fraction of sp³-hybridized carbons (Fsp3) is 0.400. The lowest BCUT2D eigenvalue weighted by molar-refractivity contribution is -0.140. The van der Waals surface area contributed by atoms with Crippen LogP contribution < -0.4 is 10.6 Å². The average molecular weight is 242 g/mol. The molecule has 7 heteroatoms. The van der Waals surface area contributed by atoms with Gasteiger partial charge in [-0.3, -0.25) is 0 Å². The molecule has 0 saturated heterocycles. The van der Waals surface area contributed by atoms with E-state index in [4.69, 9.17) is 14.6 Å². The van der Waals surface area contributed by atoms with Crippen molar-refractivity contribution in [3.05, 3.63) is 24.2 Å². The Kier molecular flexibility index (Phi) is 5.02. The molecule has 0 aliphatic rings. The topological polar surface area (TPSA) is 112 Å². The van der Waals surface area contributed by atoms with E-state index in [1.807, 2.05) is 0 Å². The number of carboxylic acids is 1. The first-order valence-electron chi connectivity index (χ1n) is 5.04. The fourth-order valence-electron chi connectivity index (χ4n) is 1.15. The van der Waals surface area contributed by atoms with Crippen LogP contribution in [-0.4, -0.2) is 41.4 Å². The van der Waals surface area contributed by atoms with Crippen LogP contribution >= 0.6 is 0 Å². The molecular weight excluding hydrogens is 228 g/mol. The summed E-state index contributed by atoms with van der Waals surface area (Å²) in [4.78, 5) is 21.7. The lowest BCUT2D eigenvalue weighted by atomic mass is 10.3. The number of nitrogens with one attached hydrogen (secondary N) is 2. The van der Waals surface area contributed by atoms with E-state index in [2.05, 4.69) is 10.6 Å². The summed E-state index contributed by atoms with van der Waals surface area (Å²) >= 11 is 0. The van der Waals surface area contributed by atoms with Crippen LogP contribution in [0.4, 0.5) is 4.79 Å². The zero-order chi connectivity index (χ0) is 12.7. The fourth-order valence-corrected chi connectivity index (χ4v) is 1.15. The molecule has 4 N–H and O–H groups in total. The normalized spacial score (nSPS) is 11.8. The zero-order valence-electron chi connectivity index (χ0n) is 9.05. The molecule has 1 heterocycles. The van der Waals surface area contributed by atoms with Gasteiger partial charge in [0.15, 0.2) is 6.04 Å². The Morgan fingerprint density at radius 3 is 2.76 bits per heavy atom. The van der Waals surface area contributed by atoms with Gasteiger partial charge in [0.1, 0.15) is 5.76 Å². The Balaban J connectivity index is 2.23. The zero-order valence-corrected chi connectivity index (χ0v) is 9.05. The molecule has 7 nitrogen and oxygen atoms in total. The number of aliphatic hydroxyl groups is 1. The number of furan rings is 1. The third-order valence-electron chi connectivity index (χ3n) is 2.02. The van der Waals surface area contributed by atoms with E-state index in [1.54, 1.807) is 12.1 Å². The number of amides is 2. The summed E-state index contributed by atoms with van der Waals surface area (Å²) in [6, 6.07) is 1.58. The Morgan fingerprint density at radius 2 is 2.24 bits per heavy atom. The summed E-state index contributed by atoms with van der Waals surface area (Å²) in [5, 5.41) is 21.8. The van der Waals surface area contributed by atoms with Gasteiger partial charge in [-0.15, -0.1) is 0 Å². The molecule has 1 atom stereocenters. The monoisotopic (exact) mass is 242 g/mol. The molecule has 0 saturated carbocycles. The van der Waals surface area contributed by atoms with Crippen LogP contribution in [0.25, 0.3) is 0 Å². The van der Waals surface area contributed by atoms with E-state index in [0.29, 0.717) is 13.0 Å². The van der Waals surface area contributed by atoms with E-state index in [9.17, 15) is 9.59 Å². The van der Waals surface area contributed by atoms with Crippen molar-refractivity contribution in [3.8, 4) is 0 Å². The predicted molar refractivity (Wildman–Crippen MR) is 57.5 cm³/mol. The van der Waals surface area contributed by atoms with Gasteiger partial charge in [0.25, 0.3) is 0 Å². The average Bonchev–Trinajstić information content (AvgIpc) is 2.78. The second-order valence-electron chi connectivity index (χ2n) is 3.30. The minimum atomic E-state index is -1.29. The highest BCUT2D eigenvalue weighted by atomic mass is 16.4. The quantitative estimate of drug-likeness (QED) is 0.540. The summed E-state index contributed by atoms with van der Waals surface area (Å²) in [6.07, 6.45) is 2.04. The van der Waals surface area contributed by atoms with Gasteiger partial charge in [0.2, 0.25) is 0 Å². The molecule has 17 heavy (non-hydrogen) atoms. The molecule has 2 amide bonds. The van der Waals surface area contributed by atoms with E-state index in [0.717, 1.165) is 5.76 Å². The predicted octanol–water partition coefficient (Wildman–Crippen LogP) is -0.433. The Labute approximate surface area is 97.4 Å². The molecule has 0 radical (unpaired) electrons. The van der Waals surface area contributed by atoms with Crippen LogP contribution in [-0.2, 0) is 11.2 Å². The number of carbonyl (C=O) groups excluding carboxylic acids is 1. The van der Waals surface area contributed by atoms with E-state index in [-0.39, 0.29) is 0 Å². The Bertz CT molecular complexity index is 363. The van der Waals surface area contributed by atoms with Crippen LogP contribution in [0.1, 0.15) is 5.76 Å². The molecule has 0 aliphatic carbocycles. The van der Waals surface area contributed by atoms with Crippen LogP contribution in [0.3, 0.4) is 0 Å². The van der Waals surface area contributed by atoms with Gasteiger partial charge in [-0.05, 0) is 12.1 Å². The lowest BCUT2D eigenvalue weighted by Crippen LogP contribution is -2.48. The summed E-state index contributed by atoms with van der Waals surface area (Å²) in [5.74, 6) is -0.559. The maximum atomic E-state index is 11.2. The third kappa shape index (κ3) is 4.56. The van der Waals surface area contributed by atoms with Crippen molar-refractivity contribution >= 4 is 12.0 Å². The SMILES string of the molecule is O=C(NCCc1ccco1)N[C@H](CO)C(=O)O. The van der Waals surface area contributed by atoms with E-state index in [1.165, 1.54) is 6.26 Å². The second-order valence-corrected chi connectivity index (χ2v) is 3.30. The van der Waals surface area contributed by atoms with Gasteiger partial charge in [-0.1, -0.05) is 0 Å². The van der Waals surface area contributed by atoms with Crippen molar-refractivity contribution in [2.75, 3.05) is 13.2 Å². The van der Waals surface area contributed by atoms with Crippen LogP contribution in [0.5, 0.6) is 0 Å². The number of hydrogen-bond donors (Lipinski definition) is 4. The van der Waals surface area contributed by atoms with Crippen LogP contribution in [0, 0.1) is 0 Å². The van der Waals surface area contributed by atoms with Crippen molar-refractivity contribution in [2.45, 2.75) is 12.5 Å². The number of aliphatic carboxylic acids is 1. The number of hydrogen-bond acceptors (Lipinski definition) is 4. The molecule has 0 unspecified atom stereocenters. The number of carbonyl (C=O) groups is 2. The minimum absolute atomic E-state index is 0.317. The highest BCUT2D eigenvalue weighted by molar-refractivity contribution is 5.82. The standard InChI is InChI=1S/C10H14N2O5/c13-6-8(9(14)15)12-10(16)11-4-3-7-2-1-5-17-7/h1-2,5,8,13H,3-4,6H2,(H,14,15)(H2,11,12,16)/t8-/m1/s1. The van der Waals surface area contributed by atoms with Crippen molar-refractivity contribution in [1.29, 1.82) is 0 Å². The smallest absolute Gasteiger partial charge is 0.328 e. The van der Waals surface area contributed by atoms with Crippen molar-refractivity contribution in [3.63, 3.8) is 0 Å². The van der Waals surface area contributed by atoms with Gasteiger partial charge in [0.05, 0.1) is 12.9 Å². The summed E-state index contributed by atoms with van der Waals surface area (Å²) in [7, 11) is 0. The first-order chi connectivity index (χ1) is 8.13. The first-order valence-corrected chi connectivity index (χ1v) is 5.04. The number of rotatable bonds is 6. The van der Waals surface area contributed by atoms with Crippen molar-refractivity contribution in [2.24, 2.45) is 0 Å². The maximum Gasteiger partial charge on any atom is 0.328 e. The summed E-state index contributed by atoms with van der Waals surface area (Å²) in [6.45, 7) is -0.335. The van der Waals surface area contributed by atoms with Crippen LogP contribution in [0.15, 0.2) is 22.8 Å². The minimum Gasteiger partial charge on any atom is -0.480 e. The van der Waals surface area contributed by atoms with Gasteiger partial charge >= 0.3 is 12.0 Å². The van der Waals surface area contributed by atoms with Crippen molar-refractivity contribution in [1.82, 2.24) is 10.6 Å². The number of urea groups is 1. The third-order valence-corrected chi connectivity index (χ3v) is 2.02. The molecule has 0 aromatic carbocycles. The molecule has 0 aliphatic heterocycles. The van der Waals surface area contributed by atoms with Gasteiger partial charge in [-0.25, -0.2) is 9.59 Å². The number of aliphatic hydroxyl groups excluding tert-OH is 1. The van der Waals surface area contributed by atoms with Crippen molar-refractivity contribution < 1.29 is 24.2 Å². The van der Waals surface area contributed by atoms with Gasteiger partial charge in [-0.2, -0.15) is 0 Å². The molecule has 0 fully saturated rings. The molecule has 1 aromatic rings. The largest absolute Gasteiger partial charge is 0.480 e. The second kappa shape index (κ2) is 6.54. The maximum absolute atomic E-state index is 11.2. The first kappa shape index (κ1) is 13.0. The molecule has 1 rings (SSSR count). The Hall–Kier alpha value is -2.02. The molecule has 0 spiro atoms. The summed E-state index contributed by atoms with van der Waals surface area (Å²) in [5.41, 5.74) is 0. The molecule has 94 valence electrons. The van der Waals surface area contributed by atoms with E-state index >= 15 is 0 Å². The van der Waals surface area contributed by atoms with Crippen LogP contribution in [0.2, 0.25) is 0 Å². The number of carboxylic acid groups (broad SMARTS) is 1. The highest BCUT2D eigenvalue weighted by Crippen LogP contribution is 1.99. The highest BCUT2D eigenvalue weighted by Gasteiger charge is 2.18.